The Labute approximate surface area is 116 Å². The fraction of sp³-hybridized carbons (Fsp3) is 0.500. The number of halogens is 2. The van der Waals surface area contributed by atoms with Crippen molar-refractivity contribution in [1.29, 1.82) is 0 Å². The van der Waals surface area contributed by atoms with Gasteiger partial charge in [0.25, 0.3) is 0 Å². The fourth-order valence-electron chi connectivity index (χ4n) is 1.97. The maximum atomic E-state index is 13.1. The van der Waals surface area contributed by atoms with E-state index in [2.05, 4.69) is 10.6 Å². The van der Waals surface area contributed by atoms with E-state index in [9.17, 15) is 13.6 Å². The van der Waals surface area contributed by atoms with Gasteiger partial charge in [0.2, 0.25) is 5.91 Å². The summed E-state index contributed by atoms with van der Waals surface area (Å²) in [7, 11) is 0. The molecule has 1 heterocycles. The molecule has 20 heavy (non-hydrogen) atoms. The van der Waals surface area contributed by atoms with E-state index in [0.29, 0.717) is 5.56 Å². The van der Waals surface area contributed by atoms with Crippen LogP contribution in [-0.4, -0.2) is 31.2 Å². The summed E-state index contributed by atoms with van der Waals surface area (Å²) >= 11 is 0. The van der Waals surface area contributed by atoms with Gasteiger partial charge in [-0.15, -0.1) is 0 Å². The van der Waals surface area contributed by atoms with E-state index in [0.717, 1.165) is 25.2 Å². The zero-order valence-corrected chi connectivity index (χ0v) is 11.5. The van der Waals surface area contributed by atoms with Crippen molar-refractivity contribution in [2.24, 2.45) is 0 Å². The molecule has 1 unspecified atom stereocenters. The van der Waals surface area contributed by atoms with Crippen LogP contribution in [0, 0.1) is 11.6 Å². The minimum absolute atomic E-state index is 0.0494. The minimum atomic E-state index is -0.923. The molecular formula is C14H18F2N2O2. The molecule has 1 amide bonds. The third kappa shape index (κ3) is 3.52. The van der Waals surface area contributed by atoms with Gasteiger partial charge in [0.15, 0.2) is 11.6 Å². The summed E-state index contributed by atoms with van der Waals surface area (Å²) in [6, 6.07) is 3.17. The summed E-state index contributed by atoms with van der Waals surface area (Å²) in [5.41, 5.74) is 0.219. The van der Waals surface area contributed by atoms with Gasteiger partial charge >= 0.3 is 0 Å². The first-order chi connectivity index (χ1) is 9.39. The molecule has 1 aliphatic rings. The van der Waals surface area contributed by atoms with Crippen molar-refractivity contribution in [1.82, 2.24) is 10.6 Å². The van der Waals surface area contributed by atoms with Gasteiger partial charge < -0.3 is 15.4 Å². The van der Waals surface area contributed by atoms with E-state index in [1.54, 1.807) is 6.92 Å². The Bertz CT molecular complexity index is 504. The summed E-state index contributed by atoms with van der Waals surface area (Å²) in [4.78, 5) is 11.7. The molecule has 0 aromatic heterocycles. The number of carbonyl (C=O) groups excluding carboxylic acids is 1. The molecule has 0 aliphatic carbocycles. The van der Waals surface area contributed by atoms with Gasteiger partial charge in [0.05, 0.1) is 11.6 Å². The largest absolute Gasteiger partial charge is 0.363 e. The monoisotopic (exact) mass is 284 g/mol. The number of hydrogen-bond donors (Lipinski definition) is 2. The zero-order chi connectivity index (χ0) is 14.8. The van der Waals surface area contributed by atoms with Gasteiger partial charge in [-0.25, -0.2) is 8.78 Å². The fourth-order valence-corrected chi connectivity index (χ4v) is 1.97. The van der Waals surface area contributed by atoms with Crippen LogP contribution in [0.25, 0.3) is 0 Å². The molecule has 1 aromatic rings. The molecule has 0 radical (unpaired) electrons. The third-order valence-corrected chi connectivity index (χ3v) is 3.37. The van der Waals surface area contributed by atoms with Gasteiger partial charge in [-0.2, -0.15) is 0 Å². The van der Waals surface area contributed by atoms with Gasteiger partial charge in [-0.05, 0) is 31.5 Å². The molecule has 1 saturated heterocycles. The van der Waals surface area contributed by atoms with Crippen LogP contribution in [0.2, 0.25) is 0 Å². The number of benzene rings is 1. The van der Waals surface area contributed by atoms with Gasteiger partial charge in [0, 0.05) is 13.1 Å². The Morgan fingerprint density at radius 2 is 2.15 bits per heavy atom. The predicted molar refractivity (Wildman–Crippen MR) is 70.1 cm³/mol. The molecule has 1 aromatic carbocycles. The number of carbonyl (C=O) groups is 1. The van der Waals surface area contributed by atoms with Gasteiger partial charge in [-0.3, -0.25) is 4.79 Å². The van der Waals surface area contributed by atoms with E-state index in [1.165, 1.54) is 6.07 Å². The molecule has 1 fully saturated rings. The molecule has 4 nitrogen and oxygen atoms in total. The van der Waals surface area contributed by atoms with Crippen LogP contribution in [-0.2, 0) is 9.53 Å². The first kappa shape index (κ1) is 14.9. The standard InChI is InChI=1S/C14H18F2N2O2/c1-9(10-3-4-11(15)12(16)5-10)18-13(19)6-20-14(2)7-17-8-14/h3-5,9,17H,6-8H2,1-2H3,(H,18,19). The maximum Gasteiger partial charge on any atom is 0.246 e. The second-order valence-corrected chi connectivity index (χ2v) is 5.30. The second-order valence-electron chi connectivity index (χ2n) is 5.30. The highest BCUT2D eigenvalue weighted by Gasteiger charge is 2.33. The first-order valence-electron chi connectivity index (χ1n) is 6.49. The number of rotatable bonds is 5. The minimum Gasteiger partial charge on any atom is -0.363 e. The normalized spacial score (nSPS) is 18.2. The van der Waals surface area contributed by atoms with Crippen molar-refractivity contribution in [2.75, 3.05) is 19.7 Å². The molecule has 6 heteroatoms. The number of amides is 1. The quantitative estimate of drug-likeness (QED) is 0.862. The van der Waals surface area contributed by atoms with Gasteiger partial charge in [-0.1, -0.05) is 6.07 Å². The van der Waals surface area contributed by atoms with Gasteiger partial charge in [0.1, 0.15) is 6.61 Å². The lowest BCUT2D eigenvalue weighted by Gasteiger charge is -2.38. The van der Waals surface area contributed by atoms with Crippen LogP contribution < -0.4 is 10.6 Å². The van der Waals surface area contributed by atoms with Crippen molar-refractivity contribution in [3.8, 4) is 0 Å². The average molecular weight is 284 g/mol. The van der Waals surface area contributed by atoms with E-state index in [1.807, 2.05) is 6.92 Å². The SMILES string of the molecule is CC(NC(=O)COC1(C)CNC1)c1ccc(F)c(F)c1. The van der Waals surface area contributed by atoms with Crippen molar-refractivity contribution in [3.05, 3.63) is 35.4 Å². The van der Waals surface area contributed by atoms with E-state index >= 15 is 0 Å². The Balaban J connectivity index is 1.85. The molecule has 1 atom stereocenters. The van der Waals surface area contributed by atoms with Crippen LogP contribution in [0.3, 0.4) is 0 Å². The Morgan fingerprint density at radius 1 is 1.45 bits per heavy atom. The summed E-state index contributed by atoms with van der Waals surface area (Å²) in [6.07, 6.45) is 0. The average Bonchev–Trinajstić information content (AvgIpc) is 2.37. The highest BCUT2D eigenvalue weighted by Crippen LogP contribution is 2.17. The molecule has 0 saturated carbocycles. The predicted octanol–water partition coefficient (Wildman–Crippen LogP) is 1.52. The van der Waals surface area contributed by atoms with E-state index < -0.39 is 17.7 Å². The highest BCUT2D eigenvalue weighted by molar-refractivity contribution is 5.77. The number of ether oxygens (including phenoxy) is 1. The number of nitrogens with one attached hydrogen (secondary N) is 2. The van der Waals surface area contributed by atoms with Crippen LogP contribution in [0.1, 0.15) is 25.5 Å². The summed E-state index contributed by atoms with van der Waals surface area (Å²) < 4.78 is 31.4. The Kier molecular flexibility index (Phi) is 4.35. The van der Waals surface area contributed by atoms with Crippen molar-refractivity contribution >= 4 is 5.91 Å². The summed E-state index contributed by atoms with van der Waals surface area (Å²) in [6.45, 7) is 5.02. The third-order valence-electron chi connectivity index (χ3n) is 3.37. The van der Waals surface area contributed by atoms with Crippen molar-refractivity contribution in [3.63, 3.8) is 0 Å². The number of hydrogen-bond acceptors (Lipinski definition) is 3. The Morgan fingerprint density at radius 3 is 2.70 bits per heavy atom. The van der Waals surface area contributed by atoms with Crippen molar-refractivity contribution in [2.45, 2.75) is 25.5 Å². The lowest BCUT2D eigenvalue weighted by atomic mass is 10.0. The lowest BCUT2D eigenvalue weighted by molar-refractivity contribution is -0.136. The molecular weight excluding hydrogens is 266 g/mol. The van der Waals surface area contributed by atoms with Crippen LogP contribution in [0.15, 0.2) is 18.2 Å². The smallest absolute Gasteiger partial charge is 0.246 e. The molecule has 1 aliphatic heterocycles. The second kappa shape index (κ2) is 5.85. The highest BCUT2D eigenvalue weighted by atomic mass is 19.2. The molecule has 0 bridgehead atoms. The van der Waals surface area contributed by atoms with Crippen LogP contribution in [0.5, 0.6) is 0 Å². The molecule has 110 valence electrons. The summed E-state index contributed by atoms with van der Waals surface area (Å²) in [5, 5.41) is 5.76. The maximum absolute atomic E-state index is 13.1. The van der Waals surface area contributed by atoms with E-state index in [-0.39, 0.29) is 18.1 Å². The first-order valence-corrected chi connectivity index (χ1v) is 6.49. The molecule has 2 rings (SSSR count). The van der Waals surface area contributed by atoms with Crippen LogP contribution >= 0.6 is 0 Å². The van der Waals surface area contributed by atoms with Crippen LogP contribution in [0.4, 0.5) is 8.78 Å². The summed E-state index contributed by atoms with van der Waals surface area (Å²) in [5.74, 6) is -2.11. The zero-order valence-electron chi connectivity index (χ0n) is 11.5. The lowest BCUT2D eigenvalue weighted by Crippen LogP contribution is -2.59. The van der Waals surface area contributed by atoms with E-state index in [4.69, 9.17) is 4.74 Å². The molecule has 2 N–H and O–H groups in total. The topological polar surface area (TPSA) is 50.4 Å². The molecule has 0 spiro atoms. The van der Waals surface area contributed by atoms with Crippen molar-refractivity contribution < 1.29 is 18.3 Å². The Hall–Kier alpha value is -1.53.